The van der Waals surface area contributed by atoms with E-state index in [9.17, 15) is 13.8 Å². The lowest BCUT2D eigenvalue weighted by Crippen LogP contribution is -2.24. The molecule has 0 spiro atoms. The fraction of sp³-hybridized carbons (Fsp3) is 0.208. The molecule has 2 N–H and O–H groups in total. The summed E-state index contributed by atoms with van der Waals surface area (Å²) in [5.74, 6) is 1.23. The van der Waals surface area contributed by atoms with E-state index in [0.29, 0.717) is 45.8 Å². The fourth-order valence-electron chi connectivity index (χ4n) is 3.68. The third-order valence-electron chi connectivity index (χ3n) is 5.36. The van der Waals surface area contributed by atoms with Crippen LogP contribution in [0.15, 0.2) is 58.6 Å². The molecule has 0 saturated heterocycles. The first-order valence-electron chi connectivity index (χ1n) is 10.7. The van der Waals surface area contributed by atoms with Crippen LogP contribution in [0.3, 0.4) is 0 Å². The molecule has 1 amide bonds. The first-order valence-corrected chi connectivity index (χ1v) is 12.3. The number of anilines is 1. The van der Waals surface area contributed by atoms with Gasteiger partial charge in [0, 0.05) is 48.1 Å². The lowest BCUT2D eigenvalue weighted by atomic mass is 10.0. The normalized spacial score (nSPS) is 11.8. The zero-order valence-corrected chi connectivity index (χ0v) is 20.5. The molecule has 1 atom stereocenters. The summed E-state index contributed by atoms with van der Waals surface area (Å²) >= 11 is 0. The van der Waals surface area contributed by atoms with E-state index in [4.69, 9.17) is 14.6 Å². The van der Waals surface area contributed by atoms with Crippen molar-refractivity contribution in [1.29, 1.82) is 0 Å². The number of pyridine rings is 2. The molecule has 36 heavy (non-hydrogen) atoms. The molecule has 0 fully saturated rings. The van der Waals surface area contributed by atoms with Crippen LogP contribution in [0.5, 0.6) is 11.5 Å². The van der Waals surface area contributed by atoms with E-state index >= 15 is 0 Å². The molecule has 3 heterocycles. The Kier molecular flexibility index (Phi) is 7.25. The smallest absolute Gasteiger partial charge is 0.410 e. The van der Waals surface area contributed by atoms with Crippen LogP contribution in [0.4, 0.5) is 10.6 Å². The summed E-state index contributed by atoms with van der Waals surface area (Å²) in [5, 5.41) is 11.9. The maximum absolute atomic E-state index is 13.7. The number of methoxy groups -OCH3 is 2. The van der Waals surface area contributed by atoms with Crippen molar-refractivity contribution in [3.05, 3.63) is 64.7 Å². The number of carbonyl (C=O) groups is 1. The Labute approximate surface area is 208 Å². The molecule has 0 aliphatic heterocycles. The molecule has 1 aromatic carbocycles. The van der Waals surface area contributed by atoms with Gasteiger partial charge >= 0.3 is 6.09 Å². The largest absolute Gasteiger partial charge is 0.497 e. The van der Waals surface area contributed by atoms with Crippen LogP contribution >= 0.6 is 0 Å². The SMILES string of the molecule is COc1cc(OC)cc(-c2cc3cnc(S(C)=O)nc3n(CCc3cccc(NC(=O)O)n3)c2=O)c1. The Morgan fingerprint density at radius 3 is 2.47 bits per heavy atom. The van der Waals surface area contributed by atoms with Crippen LogP contribution in [-0.4, -0.2) is 55.4 Å². The summed E-state index contributed by atoms with van der Waals surface area (Å²) in [6, 6.07) is 11.8. The Bertz CT molecular complexity index is 1520. The van der Waals surface area contributed by atoms with Crippen molar-refractivity contribution < 1.29 is 23.6 Å². The molecule has 1 unspecified atom stereocenters. The topological polar surface area (TPSA) is 146 Å². The number of amides is 1. The van der Waals surface area contributed by atoms with E-state index in [0.717, 1.165) is 0 Å². The molecular formula is C24H23N5O6S. The van der Waals surface area contributed by atoms with Crippen LogP contribution in [0, 0.1) is 0 Å². The number of aromatic nitrogens is 4. The van der Waals surface area contributed by atoms with Gasteiger partial charge in [0.1, 0.15) is 23.0 Å². The minimum absolute atomic E-state index is 0.109. The highest BCUT2D eigenvalue weighted by molar-refractivity contribution is 7.84. The van der Waals surface area contributed by atoms with E-state index in [1.165, 1.54) is 37.3 Å². The third-order valence-corrected chi connectivity index (χ3v) is 6.07. The van der Waals surface area contributed by atoms with Gasteiger partial charge in [-0.3, -0.25) is 18.9 Å². The molecule has 0 aliphatic rings. The second-order valence-electron chi connectivity index (χ2n) is 7.70. The summed E-state index contributed by atoms with van der Waals surface area (Å²) in [5.41, 5.74) is 1.54. The number of hydrogen-bond donors (Lipinski definition) is 2. The number of rotatable bonds is 8. The minimum Gasteiger partial charge on any atom is -0.497 e. The summed E-state index contributed by atoms with van der Waals surface area (Å²) in [4.78, 5) is 37.6. The lowest BCUT2D eigenvalue weighted by molar-refractivity contribution is 0.209. The van der Waals surface area contributed by atoms with E-state index in [2.05, 4.69) is 20.3 Å². The third kappa shape index (κ3) is 5.33. The van der Waals surface area contributed by atoms with Crippen LogP contribution in [0.2, 0.25) is 0 Å². The minimum atomic E-state index is -1.45. The fourth-order valence-corrected chi connectivity index (χ4v) is 4.10. The molecule has 0 bridgehead atoms. The zero-order valence-electron chi connectivity index (χ0n) is 19.7. The van der Waals surface area contributed by atoms with E-state index in [1.54, 1.807) is 36.4 Å². The van der Waals surface area contributed by atoms with Gasteiger partial charge < -0.3 is 14.6 Å². The molecule has 4 rings (SSSR count). The van der Waals surface area contributed by atoms with Crippen molar-refractivity contribution in [3.8, 4) is 22.6 Å². The number of ether oxygens (including phenoxy) is 2. The Hall–Kier alpha value is -4.32. The van der Waals surface area contributed by atoms with Crippen LogP contribution in [-0.2, 0) is 23.8 Å². The van der Waals surface area contributed by atoms with Gasteiger partial charge in [-0.1, -0.05) is 6.07 Å². The van der Waals surface area contributed by atoms with Crippen LogP contribution in [0.25, 0.3) is 22.2 Å². The molecule has 12 heteroatoms. The van der Waals surface area contributed by atoms with E-state index < -0.39 is 16.9 Å². The summed E-state index contributed by atoms with van der Waals surface area (Å²) in [6.45, 7) is 0.181. The second kappa shape index (κ2) is 10.5. The van der Waals surface area contributed by atoms with Crippen molar-refractivity contribution >= 4 is 33.7 Å². The van der Waals surface area contributed by atoms with Crippen molar-refractivity contribution in [1.82, 2.24) is 19.5 Å². The van der Waals surface area contributed by atoms with Gasteiger partial charge in [0.2, 0.25) is 5.16 Å². The highest BCUT2D eigenvalue weighted by atomic mass is 32.2. The Morgan fingerprint density at radius 1 is 1.11 bits per heavy atom. The summed E-state index contributed by atoms with van der Waals surface area (Å²) < 4.78 is 24.2. The van der Waals surface area contributed by atoms with Gasteiger partial charge in [-0.2, -0.15) is 0 Å². The molecule has 4 aromatic rings. The summed E-state index contributed by atoms with van der Waals surface area (Å²) in [6.07, 6.45) is 2.08. The van der Waals surface area contributed by atoms with Gasteiger partial charge in [0.05, 0.1) is 25.0 Å². The standard InChI is InChI=1S/C24H23N5O6S/c1-34-17-9-14(10-18(12-17)35-2)19-11-15-13-25-23(36(3)33)28-21(15)29(22(19)30)8-7-16-5-4-6-20(26-16)27-24(31)32/h4-6,9-13H,7-8H2,1-3H3,(H,26,27)(H,31,32). The van der Waals surface area contributed by atoms with E-state index in [-0.39, 0.29) is 23.1 Å². The van der Waals surface area contributed by atoms with Gasteiger partial charge in [-0.25, -0.2) is 19.7 Å². The van der Waals surface area contributed by atoms with Gasteiger partial charge in [0.15, 0.2) is 0 Å². The number of nitrogens with one attached hydrogen (secondary N) is 1. The molecule has 0 aliphatic carbocycles. The molecule has 0 saturated carbocycles. The molecule has 0 radical (unpaired) electrons. The maximum Gasteiger partial charge on any atom is 0.410 e. The van der Waals surface area contributed by atoms with Crippen LogP contribution < -0.4 is 20.3 Å². The zero-order chi connectivity index (χ0) is 25.8. The lowest BCUT2D eigenvalue weighted by Gasteiger charge is -2.14. The molecule has 11 nitrogen and oxygen atoms in total. The van der Waals surface area contributed by atoms with Crippen LogP contribution in [0.1, 0.15) is 5.69 Å². The molecular weight excluding hydrogens is 486 g/mol. The molecule has 3 aromatic heterocycles. The first-order chi connectivity index (χ1) is 17.3. The van der Waals surface area contributed by atoms with E-state index in [1.807, 2.05) is 0 Å². The average molecular weight is 510 g/mol. The average Bonchev–Trinajstić information content (AvgIpc) is 2.87. The number of fused-ring (bicyclic) bond motifs is 1. The van der Waals surface area contributed by atoms with Crippen molar-refractivity contribution in [2.45, 2.75) is 18.1 Å². The summed E-state index contributed by atoms with van der Waals surface area (Å²) in [7, 11) is 1.61. The van der Waals surface area contributed by atoms with Crippen molar-refractivity contribution in [3.63, 3.8) is 0 Å². The highest BCUT2D eigenvalue weighted by Crippen LogP contribution is 2.29. The predicted molar refractivity (Wildman–Crippen MR) is 134 cm³/mol. The van der Waals surface area contributed by atoms with Crippen molar-refractivity contribution in [2.24, 2.45) is 0 Å². The Morgan fingerprint density at radius 2 is 1.83 bits per heavy atom. The first kappa shape index (κ1) is 24.8. The quantitative estimate of drug-likeness (QED) is 0.342. The number of nitrogens with zero attached hydrogens (tertiary/aromatic N) is 4. The van der Waals surface area contributed by atoms with Gasteiger partial charge in [-0.15, -0.1) is 0 Å². The van der Waals surface area contributed by atoms with Gasteiger partial charge in [0.25, 0.3) is 5.56 Å². The number of carboxylic acid groups (broad SMARTS) is 1. The monoisotopic (exact) mass is 509 g/mol. The number of benzene rings is 1. The number of hydrogen-bond acceptors (Lipinski definition) is 8. The van der Waals surface area contributed by atoms with Crippen molar-refractivity contribution in [2.75, 3.05) is 25.8 Å². The molecule has 186 valence electrons. The maximum atomic E-state index is 13.7. The number of aryl methyl sites for hydroxylation is 2. The Balaban J connectivity index is 1.84. The predicted octanol–water partition coefficient (Wildman–Crippen LogP) is 2.94. The van der Waals surface area contributed by atoms with Gasteiger partial charge in [-0.05, 0) is 35.9 Å². The highest BCUT2D eigenvalue weighted by Gasteiger charge is 2.16. The second-order valence-corrected chi connectivity index (χ2v) is 8.97.